The van der Waals surface area contributed by atoms with Crippen LogP contribution in [0.2, 0.25) is 0 Å². The summed E-state index contributed by atoms with van der Waals surface area (Å²) in [5.41, 5.74) is 3.75. The number of rotatable bonds is 2. The summed E-state index contributed by atoms with van der Waals surface area (Å²) >= 11 is 7.87. The largest absolute Gasteiger partial charge is 0.322 e. The topological polar surface area (TPSA) is 20.5 Å². The molecule has 0 spiro atoms. The standard InChI is InChI=1S/C16H16ClN3S/c1-11-6-7-12-4-2-3-5-13(12)20(11)15-14(10-17)19-8-9-21-16(19)18-15/h2-5,8-9,11H,6-7,10H2,1H3. The zero-order chi connectivity index (χ0) is 14.4. The number of benzene rings is 1. The molecule has 0 aliphatic carbocycles. The second kappa shape index (κ2) is 5.04. The maximum atomic E-state index is 6.22. The van der Waals surface area contributed by atoms with Crippen LogP contribution in [0.15, 0.2) is 35.8 Å². The number of nitrogens with zero attached hydrogens (tertiary/aromatic N) is 3. The van der Waals surface area contributed by atoms with Crippen molar-refractivity contribution < 1.29 is 0 Å². The molecule has 1 aliphatic heterocycles. The molecule has 0 amide bonds. The molecule has 0 radical (unpaired) electrons. The zero-order valence-electron chi connectivity index (χ0n) is 11.8. The Morgan fingerprint density at radius 3 is 3.10 bits per heavy atom. The maximum absolute atomic E-state index is 6.22. The fraction of sp³-hybridized carbons (Fsp3) is 0.312. The zero-order valence-corrected chi connectivity index (χ0v) is 13.4. The van der Waals surface area contributed by atoms with Crippen molar-refractivity contribution in [3.8, 4) is 0 Å². The highest BCUT2D eigenvalue weighted by Crippen LogP contribution is 2.39. The highest BCUT2D eigenvalue weighted by molar-refractivity contribution is 7.15. The van der Waals surface area contributed by atoms with Crippen molar-refractivity contribution in [2.75, 3.05) is 4.90 Å². The van der Waals surface area contributed by atoms with Crippen LogP contribution >= 0.6 is 22.9 Å². The minimum Gasteiger partial charge on any atom is -0.322 e. The lowest BCUT2D eigenvalue weighted by Crippen LogP contribution is -2.34. The summed E-state index contributed by atoms with van der Waals surface area (Å²) in [7, 11) is 0. The van der Waals surface area contributed by atoms with Gasteiger partial charge < -0.3 is 4.90 Å². The number of thiazole rings is 1. The monoisotopic (exact) mass is 317 g/mol. The smallest absolute Gasteiger partial charge is 0.195 e. The molecule has 21 heavy (non-hydrogen) atoms. The Bertz CT molecular complexity index is 792. The van der Waals surface area contributed by atoms with Gasteiger partial charge in [-0.25, -0.2) is 4.98 Å². The number of aromatic nitrogens is 2. The molecule has 1 atom stereocenters. The lowest BCUT2D eigenvalue weighted by atomic mass is 9.96. The van der Waals surface area contributed by atoms with E-state index in [4.69, 9.17) is 16.6 Å². The first kappa shape index (κ1) is 13.2. The van der Waals surface area contributed by atoms with Gasteiger partial charge in [0.05, 0.1) is 11.6 Å². The van der Waals surface area contributed by atoms with E-state index in [1.165, 1.54) is 11.3 Å². The molecule has 3 heterocycles. The molecule has 0 fully saturated rings. The van der Waals surface area contributed by atoms with Crippen molar-refractivity contribution >= 4 is 39.4 Å². The molecule has 1 unspecified atom stereocenters. The van der Waals surface area contributed by atoms with Crippen molar-refractivity contribution in [3.05, 3.63) is 47.1 Å². The second-order valence-corrected chi connectivity index (χ2v) is 6.60. The molecule has 0 saturated carbocycles. The van der Waals surface area contributed by atoms with Gasteiger partial charge in [0, 0.05) is 23.3 Å². The highest BCUT2D eigenvalue weighted by atomic mass is 35.5. The Morgan fingerprint density at radius 1 is 1.38 bits per heavy atom. The van der Waals surface area contributed by atoms with Crippen LogP contribution in [-0.4, -0.2) is 15.4 Å². The van der Waals surface area contributed by atoms with Gasteiger partial charge in [-0.1, -0.05) is 18.2 Å². The number of hydrogen-bond acceptors (Lipinski definition) is 3. The van der Waals surface area contributed by atoms with E-state index in [1.807, 2.05) is 0 Å². The fourth-order valence-corrected chi connectivity index (χ4v) is 4.13. The van der Waals surface area contributed by atoms with Gasteiger partial charge in [0.25, 0.3) is 0 Å². The molecular formula is C16H16ClN3S. The SMILES string of the molecule is CC1CCc2ccccc2N1c1nc2sccn2c1CCl. The normalized spacial score (nSPS) is 18.2. The fourth-order valence-electron chi connectivity index (χ4n) is 3.15. The van der Waals surface area contributed by atoms with E-state index < -0.39 is 0 Å². The third-order valence-corrected chi connectivity index (χ3v) is 5.23. The summed E-state index contributed by atoms with van der Waals surface area (Å²) < 4.78 is 2.11. The van der Waals surface area contributed by atoms with Crippen molar-refractivity contribution in [3.63, 3.8) is 0 Å². The molecule has 0 N–H and O–H groups in total. The maximum Gasteiger partial charge on any atom is 0.195 e. The van der Waals surface area contributed by atoms with Gasteiger partial charge in [0.15, 0.2) is 10.8 Å². The first-order valence-corrected chi connectivity index (χ1v) is 8.58. The number of hydrogen-bond donors (Lipinski definition) is 0. The van der Waals surface area contributed by atoms with Gasteiger partial charge >= 0.3 is 0 Å². The van der Waals surface area contributed by atoms with E-state index in [1.54, 1.807) is 11.3 Å². The number of fused-ring (bicyclic) bond motifs is 2. The van der Waals surface area contributed by atoms with Crippen LogP contribution < -0.4 is 4.90 Å². The van der Waals surface area contributed by atoms with Gasteiger partial charge in [-0.2, -0.15) is 0 Å². The number of alkyl halides is 1. The summed E-state index contributed by atoms with van der Waals surface area (Å²) in [5.74, 6) is 1.48. The minimum absolute atomic E-state index is 0.437. The predicted molar refractivity (Wildman–Crippen MR) is 89.0 cm³/mol. The summed E-state index contributed by atoms with van der Waals surface area (Å²) in [4.78, 5) is 8.21. The molecule has 5 heteroatoms. The van der Waals surface area contributed by atoms with Crippen molar-refractivity contribution in [2.45, 2.75) is 31.7 Å². The molecule has 1 aliphatic rings. The second-order valence-electron chi connectivity index (χ2n) is 5.46. The van der Waals surface area contributed by atoms with E-state index in [0.717, 1.165) is 29.3 Å². The molecular weight excluding hydrogens is 302 g/mol. The van der Waals surface area contributed by atoms with Crippen LogP contribution in [0.4, 0.5) is 11.5 Å². The number of anilines is 2. The van der Waals surface area contributed by atoms with Gasteiger partial charge in [-0.05, 0) is 31.4 Å². The number of halogens is 1. The number of imidazole rings is 1. The van der Waals surface area contributed by atoms with Gasteiger partial charge in [-0.3, -0.25) is 4.40 Å². The third kappa shape index (κ3) is 1.97. The summed E-state index contributed by atoms with van der Waals surface area (Å²) in [6, 6.07) is 9.05. The number of para-hydroxylation sites is 1. The Kier molecular flexibility index (Phi) is 3.16. The van der Waals surface area contributed by atoms with Crippen LogP contribution in [0, 0.1) is 0 Å². The quantitative estimate of drug-likeness (QED) is 0.643. The van der Waals surface area contributed by atoms with E-state index in [2.05, 4.69) is 52.1 Å². The molecule has 0 saturated heterocycles. The lowest BCUT2D eigenvalue weighted by Gasteiger charge is -2.36. The summed E-state index contributed by atoms with van der Waals surface area (Å²) in [6.07, 6.45) is 4.32. The molecule has 3 nitrogen and oxygen atoms in total. The average molecular weight is 318 g/mol. The highest BCUT2D eigenvalue weighted by Gasteiger charge is 2.28. The van der Waals surface area contributed by atoms with Crippen LogP contribution in [0.25, 0.3) is 4.96 Å². The van der Waals surface area contributed by atoms with Gasteiger partial charge in [0.1, 0.15) is 0 Å². The van der Waals surface area contributed by atoms with E-state index in [9.17, 15) is 0 Å². The van der Waals surface area contributed by atoms with Crippen LogP contribution in [0.1, 0.15) is 24.6 Å². The first-order valence-electron chi connectivity index (χ1n) is 7.17. The van der Waals surface area contributed by atoms with E-state index in [-0.39, 0.29) is 0 Å². The van der Waals surface area contributed by atoms with Gasteiger partial charge in [0.2, 0.25) is 0 Å². The first-order chi connectivity index (χ1) is 10.3. The summed E-state index contributed by atoms with van der Waals surface area (Å²) in [6.45, 7) is 2.27. The Labute approximate surface area is 132 Å². The molecule has 4 rings (SSSR count). The Hall–Kier alpha value is -1.52. The average Bonchev–Trinajstić information content (AvgIpc) is 3.07. The summed E-state index contributed by atoms with van der Waals surface area (Å²) in [5, 5.41) is 2.05. The van der Waals surface area contributed by atoms with E-state index >= 15 is 0 Å². The van der Waals surface area contributed by atoms with Crippen molar-refractivity contribution in [1.29, 1.82) is 0 Å². The Morgan fingerprint density at radius 2 is 2.24 bits per heavy atom. The van der Waals surface area contributed by atoms with Crippen LogP contribution in [0.5, 0.6) is 0 Å². The molecule has 3 aromatic rings. The minimum atomic E-state index is 0.437. The molecule has 1 aromatic carbocycles. The van der Waals surface area contributed by atoms with Gasteiger partial charge in [-0.15, -0.1) is 22.9 Å². The Balaban J connectivity index is 1.93. The molecule has 0 bridgehead atoms. The lowest BCUT2D eigenvalue weighted by molar-refractivity contribution is 0.613. The van der Waals surface area contributed by atoms with Crippen LogP contribution in [-0.2, 0) is 12.3 Å². The molecule has 2 aromatic heterocycles. The number of aryl methyl sites for hydroxylation is 1. The van der Waals surface area contributed by atoms with Crippen LogP contribution in [0.3, 0.4) is 0 Å². The predicted octanol–water partition coefficient (Wildman–Crippen LogP) is 4.61. The van der Waals surface area contributed by atoms with Crippen molar-refractivity contribution in [1.82, 2.24) is 9.38 Å². The third-order valence-electron chi connectivity index (χ3n) is 4.22. The van der Waals surface area contributed by atoms with Crippen molar-refractivity contribution in [2.24, 2.45) is 0 Å². The van der Waals surface area contributed by atoms with E-state index in [0.29, 0.717) is 11.9 Å². The molecule has 108 valence electrons.